The minimum atomic E-state index is -3.95. The lowest BCUT2D eigenvalue weighted by Crippen LogP contribution is -2.53. The number of anilines is 1. The molecule has 0 bridgehead atoms. The van der Waals surface area contributed by atoms with Crippen LogP contribution in [0, 0.1) is 5.92 Å². The number of carbonyl (C=O) groups excluding carboxylic acids is 2. The van der Waals surface area contributed by atoms with Crippen molar-refractivity contribution in [3.05, 3.63) is 66.2 Å². The van der Waals surface area contributed by atoms with Crippen molar-refractivity contribution in [3.8, 4) is 0 Å². The zero-order valence-electron chi connectivity index (χ0n) is 20.6. The summed E-state index contributed by atoms with van der Waals surface area (Å²) < 4.78 is 28.3. The first-order chi connectivity index (χ1) is 16.1. The summed E-state index contributed by atoms with van der Waals surface area (Å²) in [7, 11) is -1.10. The Morgan fingerprint density at radius 3 is 2.00 bits per heavy atom. The van der Waals surface area contributed by atoms with Crippen LogP contribution in [0.4, 0.5) is 5.69 Å². The fraction of sp³-hybridized carbons (Fsp3) is 0.440. The molecule has 0 aliphatic rings. The molecule has 2 aromatic rings. The number of carbonyl (C=O) groups is 2. The van der Waals surface area contributed by atoms with Gasteiger partial charge in [0.2, 0.25) is 11.8 Å². The molecule has 1 atom stereocenters. The van der Waals surface area contributed by atoms with Crippen LogP contribution >= 0.6 is 0 Å². The highest BCUT2D eigenvalue weighted by molar-refractivity contribution is 7.90. The fourth-order valence-electron chi connectivity index (χ4n) is 3.43. The molecule has 8 nitrogen and oxygen atoms in total. The molecule has 2 amide bonds. The van der Waals surface area contributed by atoms with Crippen LogP contribution in [0.15, 0.2) is 60.7 Å². The minimum absolute atomic E-state index is 0.192. The van der Waals surface area contributed by atoms with Crippen LogP contribution in [0.25, 0.3) is 0 Å². The summed E-state index contributed by atoms with van der Waals surface area (Å²) in [5.74, 6) is -0.439. The first-order valence-electron chi connectivity index (χ1n) is 11.4. The normalized spacial score (nSPS) is 12.4. The van der Waals surface area contributed by atoms with Gasteiger partial charge in [-0.3, -0.25) is 9.59 Å². The van der Waals surface area contributed by atoms with E-state index in [2.05, 4.69) is 5.32 Å². The largest absolute Gasteiger partial charge is 0.354 e. The molecule has 0 spiro atoms. The van der Waals surface area contributed by atoms with E-state index in [9.17, 15) is 18.0 Å². The van der Waals surface area contributed by atoms with E-state index in [4.69, 9.17) is 0 Å². The van der Waals surface area contributed by atoms with Gasteiger partial charge in [-0.2, -0.15) is 12.7 Å². The van der Waals surface area contributed by atoms with Crippen molar-refractivity contribution in [2.45, 2.75) is 39.8 Å². The number of benzene rings is 2. The van der Waals surface area contributed by atoms with Gasteiger partial charge < -0.3 is 10.2 Å². The molecule has 0 saturated carbocycles. The average molecular weight is 489 g/mol. The molecule has 9 heteroatoms. The maximum absolute atomic E-state index is 13.7. The second kappa shape index (κ2) is 12.5. The van der Waals surface area contributed by atoms with Crippen LogP contribution in [0.3, 0.4) is 0 Å². The number of nitrogens with zero attached hydrogens (tertiary/aromatic N) is 3. The first-order valence-corrected chi connectivity index (χ1v) is 12.8. The lowest BCUT2D eigenvalue weighted by Gasteiger charge is -2.34. The van der Waals surface area contributed by atoms with Crippen LogP contribution in [-0.2, 0) is 26.3 Å². The van der Waals surface area contributed by atoms with Crippen molar-refractivity contribution in [1.82, 2.24) is 14.5 Å². The fourth-order valence-corrected chi connectivity index (χ4v) is 4.49. The Bertz CT molecular complexity index is 1030. The highest BCUT2D eigenvalue weighted by atomic mass is 32.2. The quantitative estimate of drug-likeness (QED) is 0.497. The minimum Gasteiger partial charge on any atom is -0.354 e. The summed E-state index contributed by atoms with van der Waals surface area (Å²) >= 11 is 0. The van der Waals surface area contributed by atoms with E-state index in [-0.39, 0.29) is 18.4 Å². The summed E-state index contributed by atoms with van der Waals surface area (Å²) in [5, 5.41) is 2.91. The summed E-state index contributed by atoms with van der Waals surface area (Å²) in [6.45, 7) is 6.10. The van der Waals surface area contributed by atoms with Crippen molar-refractivity contribution in [1.29, 1.82) is 0 Å². The molecule has 0 aliphatic carbocycles. The maximum atomic E-state index is 13.7. The second-order valence-corrected chi connectivity index (χ2v) is 10.8. The molecule has 0 saturated heterocycles. The van der Waals surface area contributed by atoms with E-state index in [1.165, 1.54) is 19.0 Å². The highest BCUT2D eigenvalue weighted by Gasteiger charge is 2.33. The molecule has 0 radical (unpaired) electrons. The predicted molar refractivity (Wildman–Crippen MR) is 135 cm³/mol. The van der Waals surface area contributed by atoms with Gasteiger partial charge in [0, 0.05) is 27.2 Å². The molecule has 0 fully saturated rings. The Kier molecular flexibility index (Phi) is 10.1. The molecule has 0 heterocycles. The molecule has 0 aliphatic heterocycles. The van der Waals surface area contributed by atoms with Gasteiger partial charge in [-0.15, -0.1) is 0 Å². The van der Waals surface area contributed by atoms with Crippen LogP contribution in [0.1, 0.15) is 32.8 Å². The lowest BCUT2D eigenvalue weighted by atomic mass is 10.1. The van der Waals surface area contributed by atoms with Gasteiger partial charge in [-0.1, -0.05) is 69.3 Å². The number of para-hydroxylation sites is 1. The number of nitrogens with one attached hydrogen (secondary N) is 1. The van der Waals surface area contributed by atoms with Crippen molar-refractivity contribution in [2.24, 2.45) is 5.92 Å². The number of hydrogen-bond donors (Lipinski definition) is 1. The molecular weight excluding hydrogens is 452 g/mol. The number of amides is 2. The monoisotopic (exact) mass is 488 g/mol. The zero-order chi connectivity index (χ0) is 25.3. The van der Waals surface area contributed by atoms with Crippen LogP contribution in [-0.4, -0.2) is 62.7 Å². The third-order valence-corrected chi connectivity index (χ3v) is 7.15. The van der Waals surface area contributed by atoms with Gasteiger partial charge in [0.1, 0.15) is 12.6 Å². The molecule has 0 aromatic heterocycles. The van der Waals surface area contributed by atoms with E-state index in [0.717, 1.165) is 14.2 Å². The molecule has 1 N–H and O–H groups in total. The van der Waals surface area contributed by atoms with Crippen molar-refractivity contribution in [3.63, 3.8) is 0 Å². The van der Waals surface area contributed by atoms with Gasteiger partial charge in [0.25, 0.3) is 0 Å². The molecule has 34 heavy (non-hydrogen) atoms. The van der Waals surface area contributed by atoms with E-state index in [1.54, 1.807) is 30.3 Å². The average Bonchev–Trinajstić information content (AvgIpc) is 2.81. The van der Waals surface area contributed by atoms with Crippen molar-refractivity contribution in [2.75, 3.05) is 31.5 Å². The van der Waals surface area contributed by atoms with E-state index in [0.29, 0.717) is 18.7 Å². The number of hydrogen-bond acceptors (Lipinski definition) is 4. The highest BCUT2D eigenvalue weighted by Crippen LogP contribution is 2.21. The molecule has 0 unspecified atom stereocenters. The van der Waals surface area contributed by atoms with Crippen LogP contribution in [0.5, 0.6) is 0 Å². The Morgan fingerprint density at radius 2 is 1.50 bits per heavy atom. The summed E-state index contributed by atoms with van der Waals surface area (Å²) in [4.78, 5) is 28.2. The molecule has 2 aromatic carbocycles. The smallest absolute Gasteiger partial charge is 0.304 e. The van der Waals surface area contributed by atoms with Crippen LogP contribution < -0.4 is 9.62 Å². The maximum Gasteiger partial charge on any atom is 0.304 e. The number of rotatable bonds is 12. The molecule has 186 valence electrons. The predicted octanol–water partition coefficient (Wildman–Crippen LogP) is 2.88. The van der Waals surface area contributed by atoms with Gasteiger partial charge >= 0.3 is 10.2 Å². The van der Waals surface area contributed by atoms with Gasteiger partial charge in [0.15, 0.2) is 0 Å². The van der Waals surface area contributed by atoms with Crippen molar-refractivity contribution < 1.29 is 18.0 Å². The Hall–Kier alpha value is -2.91. The lowest BCUT2D eigenvalue weighted by molar-refractivity contribution is -0.140. The summed E-state index contributed by atoms with van der Waals surface area (Å²) in [6.07, 6.45) is 0.397. The van der Waals surface area contributed by atoms with Gasteiger partial charge in [0.05, 0.1) is 5.69 Å². The van der Waals surface area contributed by atoms with E-state index < -0.39 is 28.7 Å². The van der Waals surface area contributed by atoms with E-state index in [1.807, 2.05) is 51.1 Å². The molecular formula is C25H36N4O4S. The summed E-state index contributed by atoms with van der Waals surface area (Å²) in [6, 6.07) is 17.1. The Balaban J connectivity index is 2.42. The summed E-state index contributed by atoms with van der Waals surface area (Å²) in [5.41, 5.74) is 1.23. The first kappa shape index (κ1) is 27.3. The van der Waals surface area contributed by atoms with Crippen LogP contribution in [0.2, 0.25) is 0 Å². The Morgan fingerprint density at radius 1 is 0.941 bits per heavy atom. The zero-order valence-corrected chi connectivity index (χ0v) is 21.5. The molecule has 2 rings (SSSR count). The van der Waals surface area contributed by atoms with Gasteiger partial charge in [-0.05, 0) is 30.0 Å². The third kappa shape index (κ3) is 7.30. The van der Waals surface area contributed by atoms with Crippen molar-refractivity contribution >= 4 is 27.7 Å². The standard InChI is InChI=1S/C25H36N4O4S/c1-6-23(25(31)26-17-20(2)3)28(18-21-13-9-7-10-14-21)24(30)19-29(34(32,33)27(4)5)22-15-11-8-12-16-22/h7-16,20,23H,6,17-19H2,1-5H3,(H,26,31)/t23-/m0/s1. The van der Waals surface area contributed by atoms with Gasteiger partial charge in [-0.25, -0.2) is 4.31 Å². The third-order valence-electron chi connectivity index (χ3n) is 5.33. The Labute approximate surface area is 203 Å². The second-order valence-electron chi connectivity index (χ2n) is 8.70. The SMILES string of the molecule is CC[C@@H](C(=O)NCC(C)C)N(Cc1ccccc1)C(=O)CN(c1ccccc1)S(=O)(=O)N(C)C. The topological polar surface area (TPSA) is 90.0 Å². The van der Waals surface area contributed by atoms with E-state index >= 15 is 0 Å².